The highest BCUT2D eigenvalue weighted by Gasteiger charge is 2.07. The van der Waals surface area contributed by atoms with Gasteiger partial charge in [-0.2, -0.15) is 0 Å². The van der Waals surface area contributed by atoms with Crippen molar-refractivity contribution >= 4 is 5.96 Å². The van der Waals surface area contributed by atoms with Gasteiger partial charge in [-0.25, -0.2) is 4.39 Å². The number of aliphatic hydroxyl groups is 1. The van der Waals surface area contributed by atoms with Crippen molar-refractivity contribution in [3.63, 3.8) is 0 Å². The van der Waals surface area contributed by atoms with E-state index in [2.05, 4.69) is 22.5 Å². The van der Waals surface area contributed by atoms with Crippen LogP contribution < -0.4 is 10.6 Å². The molecule has 3 N–H and O–H groups in total. The molecule has 1 unspecified atom stereocenters. The summed E-state index contributed by atoms with van der Waals surface area (Å²) in [5.74, 6) is 0.398. The van der Waals surface area contributed by atoms with Crippen LogP contribution in [0.2, 0.25) is 0 Å². The van der Waals surface area contributed by atoms with E-state index in [1.54, 1.807) is 12.1 Å². The Balaban J connectivity index is 2.49. The molecule has 1 aromatic carbocycles. The van der Waals surface area contributed by atoms with Crippen molar-refractivity contribution in [2.45, 2.75) is 39.2 Å². The second kappa shape index (κ2) is 10.2. The lowest BCUT2D eigenvalue weighted by Gasteiger charge is -2.13. The summed E-state index contributed by atoms with van der Waals surface area (Å²) in [6.07, 6.45) is 2.74. The molecule has 0 aliphatic rings. The summed E-state index contributed by atoms with van der Waals surface area (Å²) in [7, 11) is 0. The summed E-state index contributed by atoms with van der Waals surface area (Å²) < 4.78 is 12.8. The fourth-order valence-electron chi connectivity index (χ4n) is 1.89. The van der Waals surface area contributed by atoms with Crippen molar-refractivity contribution < 1.29 is 9.50 Å². The molecule has 0 bridgehead atoms. The highest BCUT2D eigenvalue weighted by Crippen LogP contribution is 2.13. The van der Waals surface area contributed by atoms with Gasteiger partial charge in [0.05, 0.1) is 12.6 Å². The molecular weight excluding hydrogens is 269 g/mol. The summed E-state index contributed by atoms with van der Waals surface area (Å²) in [5, 5.41) is 16.4. The van der Waals surface area contributed by atoms with Gasteiger partial charge in [0.25, 0.3) is 0 Å². The normalized spacial score (nSPS) is 13.0. The lowest BCUT2D eigenvalue weighted by atomic mass is 10.1. The number of rotatable bonds is 8. The van der Waals surface area contributed by atoms with E-state index in [9.17, 15) is 9.50 Å². The zero-order chi connectivity index (χ0) is 15.5. The predicted molar refractivity (Wildman–Crippen MR) is 84.9 cm³/mol. The highest BCUT2D eigenvalue weighted by atomic mass is 19.1. The largest absolute Gasteiger partial charge is 0.386 e. The van der Waals surface area contributed by atoms with Crippen LogP contribution in [0.3, 0.4) is 0 Å². The van der Waals surface area contributed by atoms with Gasteiger partial charge in [0.2, 0.25) is 0 Å². The number of aliphatic imine (C=N–C) groups is 1. The minimum atomic E-state index is -0.725. The first kappa shape index (κ1) is 17.4. The fraction of sp³-hybridized carbons (Fsp3) is 0.562. The Bertz CT molecular complexity index is 420. The average Bonchev–Trinajstić information content (AvgIpc) is 2.49. The van der Waals surface area contributed by atoms with Gasteiger partial charge in [0, 0.05) is 13.1 Å². The van der Waals surface area contributed by atoms with Crippen LogP contribution in [-0.4, -0.2) is 30.7 Å². The maximum absolute atomic E-state index is 12.8. The van der Waals surface area contributed by atoms with E-state index in [0.717, 1.165) is 19.5 Å². The molecule has 1 rings (SSSR count). The molecule has 4 nitrogen and oxygen atoms in total. The van der Waals surface area contributed by atoms with Gasteiger partial charge in [0.1, 0.15) is 5.82 Å². The second-order valence-electron chi connectivity index (χ2n) is 4.92. The van der Waals surface area contributed by atoms with Crippen molar-refractivity contribution in [2.24, 2.45) is 4.99 Å². The van der Waals surface area contributed by atoms with E-state index in [4.69, 9.17) is 0 Å². The van der Waals surface area contributed by atoms with Crippen molar-refractivity contribution in [1.82, 2.24) is 10.6 Å². The number of benzene rings is 1. The van der Waals surface area contributed by atoms with Crippen LogP contribution in [0.4, 0.5) is 4.39 Å². The number of nitrogens with one attached hydrogen (secondary N) is 2. The van der Waals surface area contributed by atoms with Gasteiger partial charge in [-0.15, -0.1) is 0 Å². The highest BCUT2D eigenvalue weighted by molar-refractivity contribution is 5.79. The predicted octanol–water partition coefficient (Wildman–Crippen LogP) is 2.60. The summed E-state index contributed by atoms with van der Waals surface area (Å²) in [6, 6.07) is 5.85. The summed E-state index contributed by atoms with van der Waals surface area (Å²) >= 11 is 0. The van der Waals surface area contributed by atoms with E-state index in [0.29, 0.717) is 11.5 Å². The third-order valence-corrected chi connectivity index (χ3v) is 3.09. The molecule has 21 heavy (non-hydrogen) atoms. The van der Waals surface area contributed by atoms with Gasteiger partial charge in [-0.3, -0.25) is 4.99 Å². The molecule has 1 aromatic rings. The van der Waals surface area contributed by atoms with Crippen LogP contribution in [0, 0.1) is 5.82 Å². The molecule has 0 saturated carbocycles. The zero-order valence-electron chi connectivity index (χ0n) is 12.9. The Kier molecular flexibility index (Phi) is 8.43. The van der Waals surface area contributed by atoms with Crippen molar-refractivity contribution in [3.05, 3.63) is 35.6 Å². The first-order valence-corrected chi connectivity index (χ1v) is 7.63. The van der Waals surface area contributed by atoms with Crippen LogP contribution in [0.1, 0.15) is 44.8 Å². The summed E-state index contributed by atoms with van der Waals surface area (Å²) in [5.41, 5.74) is 0.669. The zero-order valence-corrected chi connectivity index (χ0v) is 12.9. The molecular formula is C16H26FN3O. The summed E-state index contributed by atoms with van der Waals surface area (Å²) in [6.45, 7) is 6.05. The van der Waals surface area contributed by atoms with Gasteiger partial charge in [-0.05, 0) is 31.0 Å². The van der Waals surface area contributed by atoms with Crippen LogP contribution in [-0.2, 0) is 0 Å². The van der Waals surface area contributed by atoms with Gasteiger partial charge in [-0.1, -0.05) is 31.9 Å². The molecule has 5 heteroatoms. The second-order valence-corrected chi connectivity index (χ2v) is 4.92. The number of hydrogen-bond acceptors (Lipinski definition) is 2. The van der Waals surface area contributed by atoms with Crippen molar-refractivity contribution in [1.29, 1.82) is 0 Å². The Hall–Kier alpha value is -1.62. The molecule has 0 heterocycles. The molecule has 0 fully saturated rings. The number of guanidine groups is 1. The molecule has 118 valence electrons. The number of hydrogen-bond donors (Lipinski definition) is 3. The van der Waals surface area contributed by atoms with E-state index in [1.165, 1.54) is 25.0 Å². The van der Waals surface area contributed by atoms with Crippen LogP contribution in [0.25, 0.3) is 0 Å². The molecule has 0 aliphatic heterocycles. The Morgan fingerprint density at radius 2 is 1.90 bits per heavy atom. The SMILES string of the molecule is CCCCCNC(=NCC(O)c1ccc(F)cc1)NCC. The Morgan fingerprint density at radius 1 is 1.19 bits per heavy atom. The minimum absolute atomic E-state index is 0.245. The maximum atomic E-state index is 12.8. The van der Waals surface area contributed by atoms with Crippen molar-refractivity contribution in [3.8, 4) is 0 Å². The Labute approximate surface area is 126 Å². The quantitative estimate of drug-likeness (QED) is 0.392. The number of halogens is 1. The first-order chi connectivity index (χ1) is 10.2. The number of unbranched alkanes of at least 4 members (excludes halogenated alkanes) is 2. The smallest absolute Gasteiger partial charge is 0.191 e. The summed E-state index contributed by atoms with van der Waals surface area (Å²) in [4.78, 5) is 4.36. The average molecular weight is 295 g/mol. The molecule has 0 radical (unpaired) electrons. The van der Waals surface area contributed by atoms with Gasteiger partial charge in [0.15, 0.2) is 5.96 Å². The topological polar surface area (TPSA) is 56.7 Å². The van der Waals surface area contributed by atoms with Crippen molar-refractivity contribution in [2.75, 3.05) is 19.6 Å². The monoisotopic (exact) mass is 295 g/mol. The van der Waals surface area contributed by atoms with Crippen LogP contribution in [0.5, 0.6) is 0 Å². The lowest BCUT2D eigenvalue weighted by Crippen LogP contribution is -2.38. The molecule has 1 atom stereocenters. The number of aliphatic hydroxyl groups excluding tert-OH is 1. The van der Waals surface area contributed by atoms with E-state index >= 15 is 0 Å². The minimum Gasteiger partial charge on any atom is -0.386 e. The van der Waals surface area contributed by atoms with E-state index in [1.807, 2.05) is 6.92 Å². The first-order valence-electron chi connectivity index (χ1n) is 7.63. The van der Waals surface area contributed by atoms with Gasteiger partial charge < -0.3 is 15.7 Å². The molecule has 0 spiro atoms. The molecule has 0 saturated heterocycles. The third-order valence-electron chi connectivity index (χ3n) is 3.09. The molecule has 0 aromatic heterocycles. The van der Waals surface area contributed by atoms with Crippen LogP contribution >= 0.6 is 0 Å². The van der Waals surface area contributed by atoms with E-state index in [-0.39, 0.29) is 12.4 Å². The third kappa shape index (κ3) is 7.09. The van der Waals surface area contributed by atoms with Crippen LogP contribution in [0.15, 0.2) is 29.3 Å². The lowest BCUT2D eigenvalue weighted by molar-refractivity contribution is 0.187. The Morgan fingerprint density at radius 3 is 2.52 bits per heavy atom. The maximum Gasteiger partial charge on any atom is 0.191 e. The molecule has 0 aliphatic carbocycles. The molecule has 0 amide bonds. The fourth-order valence-corrected chi connectivity index (χ4v) is 1.89. The standard InChI is InChI=1S/C16H26FN3O/c1-3-5-6-11-19-16(18-4-2)20-12-15(21)13-7-9-14(17)10-8-13/h7-10,15,21H,3-6,11-12H2,1-2H3,(H2,18,19,20). The number of nitrogens with zero attached hydrogens (tertiary/aromatic N) is 1. The van der Waals surface area contributed by atoms with E-state index < -0.39 is 6.10 Å². The van der Waals surface area contributed by atoms with Gasteiger partial charge >= 0.3 is 0 Å².